The van der Waals surface area contributed by atoms with Gasteiger partial charge in [0.25, 0.3) is 0 Å². The Balaban J connectivity index is 2.65. The summed E-state index contributed by atoms with van der Waals surface area (Å²) < 4.78 is 0. The van der Waals surface area contributed by atoms with E-state index in [0.717, 1.165) is 5.56 Å². The molecule has 0 amide bonds. The monoisotopic (exact) mass is 182 g/mol. The van der Waals surface area contributed by atoms with Crippen molar-refractivity contribution in [1.82, 2.24) is 0 Å². The van der Waals surface area contributed by atoms with E-state index in [-0.39, 0.29) is 11.5 Å². The summed E-state index contributed by atoms with van der Waals surface area (Å²) in [6.45, 7) is 0. The van der Waals surface area contributed by atoms with Gasteiger partial charge in [-0.05, 0) is 5.56 Å². The van der Waals surface area contributed by atoms with Gasteiger partial charge in [-0.15, -0.1) is 12.6 Å². The van der Waals surface area contributed by atoms with Gasteiger partial charge < -0.3 is 5.11 Å². The second-order valence-corrected chi connectivity index (χ2v) is 3.02. The molecule has 12 heavy (non-hydrogen) atoms. The number of benzene rings is 1. The minimum Gasteiger partial charge on any atom is -0.388 e. The molecule has 1 aromatic carbocycles. The second kappa shape index (κ2) is 4.28. The van der Waals surface area contributed by atoms with Crippen LogP contribution in [-0.2, 0) is 4.79 Å². The molecule has 1 N–H and O–H groups in total. The summed E-state index contributed by atoms with van der Waals surface area (Å²) in [6.07, 6.45) is -0.663. The number of carbonyl (C=O) groups is 1. The van der Waals surface area contributed by atoms with E-state index in [1.807, 2.05) is 18.2 Å². The molecule has 1 rings (SSSR count). The minimum atomic E-state index is -0.726. The van der Waals surface area contributed by atoms with Crippen LogP contribution >= 0.6 is 12.6 Å². The van der Waals surface area contributed by atoms with Crippen molar-refractivity contribution in [3.63, 3.8) is 0 Å². The van der Waals surface area contributed by atoms with Gasteiger partial charge in [0.15, 0.2) is 5.12 Å². The highest BCUT2D eigenvalue weighted by Crippen LogP contribution is 2.16. The average molecular weight is 182 g/mol. The first-order valence-corrected chi connectivity index (χ1v) is 4.09. The Kier molecular flexibility index (Phi) is 3.31. The number of hydrogen-bond donors (Lipinski definition) is 2. The zero-order valence-electron chi connectivity index (χ0n) is 6.47. The summed E-state index contributed by atoms with van der Waals surface area (Å²) in [4.78, 5) is 10.5. The molecule has 0 aliphatic rings. The van der Waals surface area contributed by atoms with Gasteiger partial charge in [-0.25, -0.2) is 0 Å². The Labute approximate surface area is 76.6 Å². The molecule has 2 nitrogen and oxygen atoms in total. The van der Waals surface area contributed by atoms with Crippen molar-refractivity contribution in [2.75, 3.05) is 0 Å². The third-order valence-electron chi connectivity index (χ3n) is 1.55. The molecule has 0 aliphatic carbocycles. The number of hydrogen-bond acceptors (Lipinski definition) is 2. The van der Waals surface area contributed by atoms with Crippen LogP contribution < -0.4 is 0 Å². The van der Waals surface area contributed by atoms with Crippen LogP contribution in [0.25, 0.3) is 0 Å². The molecule has 1 atom stereocenters. The van der Waals surface area contributed by atoms with Crippen LogP contribution in [0.3, 0.4) is 0 Å². The van der Waals surface area contributed by atoms with Gasteiger partial charge in [-0.2, -0.15) is 0 Å². The van der Waals surface area contributed by atoms with Crippen molar-refractivity contribution in [2.24, 2.45) is 0 Å². The first kappa shape index (κ1) is 9.29. The van der Waals surface area contributed by atoms with E-state index in [0.29, 0.717) is 0 Å². The maximum absolute atomic E-state index is 10.5. The normalized spacial score (nSPS) is 12.5. The molecule has 0 saturated carbocycles. The van der Waals surface area contributed by atoms with Crippen LogP contribution in [0.2, 0.25) is 0 Å². The predicted molar refractivity (Wildman–Crippen MR) is 50.0 cm³/mol. The largest absolute Gasteiger partial charge is 0.388 e. The van der Waals surface area contributed by atoms with Gasteiger partial charge in [0.2, 0.25) is 0 Å². The van der Waals surface area contributed by atoms with Gasteiger partial charge in [0, 0.05) is 6.42 Å². The fourth-order valence-electron chi connectivity index (χ4n) is 0.958. The molecular weight excluding hydrogens is 172 g/mol. The molecule has 0 unspecified atom stereocenters. The lowest BCUT2D eigenvalue weighted by Crippen LogP contribution is -2.01. The third kappa shape index (κ3) is 2.68. The van der Waals surface area contributed by atoms with E-state index < -0.39 is 6.10 Å². The third-order valence-corrected chi connectivity index (χ3v) is 1.73. The standard InChI is InChI=1S/C9H10O2S/c10-8(6-9(11)12)7-4-2-1-3-5-7/h1-5,8,10H,6H2,(H,11,12)/t8-/m1/s1. The summed E-state index contributed by atoms with van der Waals surface area (Å²) >= 11 is 3.59. The molecule has 0 spiro atoms. The Morgan fingerprint density at radius 3 is 2.50 bits per heavy atom. The van der Waals surface area contributed by atoms with Crippen molar-refractivity contribution in [2.45, 2.75) is 12.5 Å². The summed E-state index contributed by atoms with van der Waals surface area (Å²) in [7, 11) is 0. The van der Waals surface area contributed by atoms with Crippen LogP contribution in [0, 0.1) is 0 Å². The fourth-order valence-corrected chi connectivity index (χ4v) is 1.13. The number of thiol groups is 1. The molecule has 3 heteroatoms. The number of carbonyl (C=O) groups excluding carboxylic acids is 1. The van der Waals surface area contributed by atoms with E-state index in [2.05, 4.69) is 12.6 Å². The van der Waals surface area contributed by atoms with E-state index >= 15 is 0 Å². The highest BCUT2D eigenvalue weighted by molar-refractivity contribution is 7.96. The van der Waals surface area contributed by atoms with Gasteiger partial charge in [0.05, 0.1) is 6.10 Å². The molecule has 0 radical (unpaired) electrons. The lowest BCUT2D eigenvalue weighted by molar-refractivity contribution is -0.112. The highest BCUT2D eigenvalue weighted by atomic mass is 32.1. The molecule has 0 saturated heterocycles. The summed E-state index contributed by atoms with van der Waals surface area (Å²) in [6, 6.07) is 9.06. The molecule has 1 aromatic rings. The Morgan fingerprint density at radius 1 is 1.42 bits per heavy atom. The van der Waals surface area contributed by atoms with Crippen molar-refractivity contribution in [3.8, 4) is 0 Å². The second-order valence-electron chi connectivity index (χ2n) is 2.52. The van der Waals surface area contributed by atoms with Crippen molar-refractivity contribution in [1.29, 1.82) is 0 Å². The quantitative estimate of drug-likeness (QED) is 0.696. The number of aliphatic hydroxyl groups is 1. The van der Waals surface area contributed by atoms with Gasteiger partial charge >= 0.3 is 0 Å². The number of aliphatic hydroxyl groups excluding tert-OH is 1. The van der Waals surface area contributed by atoms with Gasteiger partial charge in [0.1, 0.15) is 0 Å². The lowest BCUT2D eigenvalue weighted by Gasteiger charge is -2.07. The molecule has 0 aromatic heterocycles. The smallest absolute Gasteiger partial charge is 0.188 e. The van der Waals surface area contributed by atoms with Gasteiger partial charge in [-0.3, -0.25) is 4.79 Å². The van der Waals surface area contributed by atoms with Crippen LogP contribution in [0.5, 0.6) is 0 Å². The first-order chi connectivity index (χ1) is 5.70. The average Bonchev–Trinajstić information content (AvgIpc) is 2.05. The van der Waals surface area contributed by atoms with E-state index in [4.69, 9.17) is 0 Å². The maximum atomic E-state index is 10.5. The zero-order valence-corrected chi connectivity index (χ0v) is 7.37. The molecule has 0 aliphatic heterocycles. The van der Waals surface area contributed by atoms with Gasteiger partial charge in [-0.1, -0.05) is 30.3 Å². The molecule has 0 fully saturated rings. The Bertz CT molecular complexity index is 258. The van der Waals surface area contributed by atoms with Crippen molar-refractivity contribution >= 4 is 17.7 Å². The fraction of sp³-hybridized carbons (Fsp3) is 0.222. The van der Waals surface area contributed by atoms with Crippen LogP contribution in [0.1, 0.15) is 18.1 Å². The van der Waals surface area contributed by atoms with E-state index in [9.17, 15) is 9.90 Å². The first-order valence-electron chi connectivity index (χ1n) is 3.65. The topological polar surface area (TPSA) is 37.3 Å². The number of rotatable bonds is 3. The van der Waals surface area contributed by atoms with Crippen molar-refractivity contribution in [3.05, 3.63) is 35.9 Å². The van der Waals surface area contributed by atoms with E-state index in [1.165, 1.54) is 0 Å². The van der Waals surface area contributed by atoms with Crippen molar-refractivity contribution < 1.29 is 9.90 Å². The van der Waals surface area contributed by atoms with Crippen LogP contribution in [-0.4, -0.2) is 10.2 Å². The van der Waals surface area contributed by atoms with E-state index in [1.54, 1.807) is 12.1 Å². The molecular formula is C9H10O2S. The molecule has 0 heterocycles. The predicted octanol–water partition coefficient (Wildman–Crippen LogP) is 1.57. The zero-order chi connectivity index (χ0) is 8.97. The lowest BCUT2D eigenvalue weighted by atomic mass is 10.1. The Morgan fingerprint density at radius 2 is 2.00 bits per heavy atom. The highest BCUT2D eigenvalue weighted by Gasteiger charge is 2.08. The maximum Gasteiger partial charge on any atom is 0.188 e. The summed E-state index contributed by atoms with van der Waals surface area (Å²) in [5, 5.41) is 9.12. The van der Waals surface area contributed by atoms with Crippen LogP contribution in [0.4, 0.5) is 0 Å². The Hall–Kier alpha value is -0.800. The molecule has 0 bridgehead atoms. The SMILES string of the molecule is O=C(S)C[C@@H](O)c1ccccc1. The summed E-state index contributed by atoms with van der Waals surface area (Å²) in [5.74, 6) is 0. The summed E-state index contributed by atoms with van der Waals surface area (Å²) in [5.41, 5.74) is 0.750. The van der Waals surface area contributed by atoms with Crippen LogP contribution in [0.15, 0.2) is 30.3 Å². The molecule has 64 valence electrons. The minimum absolute atomic E-state index is 0.0626.